The molecule has 28 heavy (non-hydrogen) atoms. The molecule has 2 bridgehead atoms. The number of fused-ring (bicyclic) bond motifs is 4. The van der Waals surface area contributed by atoms with Gasteiger partial charge in [-0.1, -0.05) is 18.2 Å². The number of hydrogen-bond donors (Lipinski definition) is 1. The smallest absolute Gasteiger partial charge is 0.310 e. The number of epoxide rings is 1. The van der Waals surface area contributed by atoms with Crippen LogP contribution in [0.25, 0.3) is 0 Å². The molecule has 7 heteroatoms. The molecule has 7 atom stereocenters. The van der Waals surface area contributed by atoms with Crippen LogP contribution in [0.3, 0.4) is 0 Å². The maximum atomic E-state index is 13.3. The molecule has 4 aliphatic heterocycles. The zero-order chi connectivity index (χ0) is 19.5. The molecule has 4 fully saturated rings. The molecule has 5 aliphatic rings. The number of nitrogens with one attached hydrogen (secondary N) is 1. The van der Waals surface area contributed by atoms with Gasteiger partial charge in [-0.05, 0) is 32.0 Å². The number of esters is 2. The molecule has 1 aromatic carbocycles. The Bertz CT molecular complexity index is 920. The number of ether oxygens (including phenoxy) is 3. The molecule has 0 radical (unpaired) electrons. The normalized spacial score (nSPS) is 47.6. The summed E-state index contributed by atoms with van der Waals surface area (Å²) in [5, 5.41) is 3.55. The minimum absolute atomic E-state index is 0.0215. The summed E-state index contributed by atoms with van der Waals surface area (Å²) in [5.74, 6) is -1.08. The minimum atomic E-state index is -0.961. The van der Waals surface area contributed by atoms with E-state index >= 15 is 0 Å². The Morgan fingerprint density at radius 3 is 2.82 bits per heavy atom. The van der Waals surface area contributed by atoms with Gasteiger partial charge in [0.2, 0.25) is 5.72 Å². The van der Waals surface area contributed by atoms with Crippen LogP contribution in [0.5, 0.6) is 0 Å². The number of piperidine rings is 1. The molecule has 148 valence electrons. The van der Waals surface area contributed by atoms with Gasteiger partial charge >= 0.3 is 11.9 Å². The van der Waals surface area contributed by atoms with Crippen molar-refractivity contribution in [2.45, 2.75) is 48.7 Å². The summed E-state index contributed by atoms with van der Waals surface area (Å²) >= 11 is 0. The lowest BCUT2D eigenvalue weighted by molar-refractivity contribution is -0.189. The summed E-state index contributed by atoms with van der Waals surface area (Å²) < 4.78 is 17.6. The topological polar surface area (TPSA) is 80.4 Å². The molecule has 1 N–H and O–H groups in total. The van der Waals surface area contributed by atoms with Crippen molar-refractivity contribution in [2.24, 2.45) is 11.8 Å². The number of benzene rings is 1. The monoisotopic (exact) mass is 384 g/mol. The van der Waals surface area contributed by atoms with Crippen LogP contribution in [-0.4, -0.2) is 61.0 Å². The third kappa shape index (κ3) is 1.58. The Balaban J connectivity index is 1.65. The van der Waals surface area contributed by atoms with Crippen molar-refractivity contribution in [3.63, 3.8) is 0 Å². The van der Waals surface area contributed by atoms with E-state index in [4.69, 9.17) is 14.2 Å². The molecule has 3 saturated heterocycles. The van der Waals surface area contributed by atoms with E-state index < -0.39 is 17.1 Å². The van der Waals surface area contributed by atoms with Gasteiger partial charge in [0.25, 0.3) is 0 Å². The van der Waals surface area contributed by atoms with Gasteiger partial charge in [-0.3, -0.25) is 14.5 Å². The van der Waals surface area contributed by atoms with Crippen molar-refractivity contribution >= 4 is 17.6 Å². The first kappa shape index (κ1) is 16.8. The van der Waals surface area contributed by atoms with Crippen molar-refractivity contribution in [2.75, 3.05) is 26.0 Å². The highest BCUT2D eigenvalue weighted by Gasteiger charge is 2.82. The fraction of sp³-hybridized carbons (Fsp3) is 0.619. The molecule has 1 aromatic rings. The van der Waals surface area contributed by atoms with E-state index in [1.165, 1.54) is 7.11 Å². The summed E-state index contributed by atoms with van der Waals surface area (Å²) in [7, 11) is 3.49. The SMILES string of the molecule is COC(=O)[C@@H]1[C@H]2C[C@H](N(C)C[C@@]23O[C@H]3C)[C@@]23Nc4ccccc4[C@@]12CC(=O)O3. The van der Waals surface area contributed by atoms with Gasteiger partial charge in [-0.25, -0.2) is 0 Å². The van der Waals surface area contributed by atoms with Crippen LogP contribution in [0.4, 0.5) is 5.69 Å². The second-order valence-electron chi connectivity index (χ2n) is 9.02. The lowest BCUT2D eigenvalue weighted by Gasteiger charge is -2.59. The zero-order valence-corrected chi connectivity index (χ0v) is 16.2. The van der Waals surface area contributed by atoms with Crippen LogP contribution < -0.4 is 5.32 Å². The number of likely N-dealkylation sites (tertiary alicyclic amines) is 1. The third-order valence-corrected chi connectivity index (χ3v) is 8.11. The number of para-hydroxylation sites is 1. The predicted octanol–water partition coefficient (Wildman–Crippen LogP) is 1.27. The molecule has 6 rings (SSSR count). The first-order valence-electron chi connectivity index (χ1n) is 9.95. The van der Waals surface area contributed by atoms with E-state index in [0.29, 0.717) is 6.54 Å². The van der Waals surface area contributed by atoms with Crippen molar-refractivity contribution in [3.8, 4) is 0 Å². The molecule has 0 amide bonds. The lowest BCUT2D eigenvalue weighted by Crippen LogP contribution is -2.75. The zero-order valence-electron chi connectivity index (χ0n) is 16.2. The number of carbonyl (C=O) groups excluding carboxylic acids is 2. The summed E-state index contributed by atoms with van der Waals surface area (Å²) in [6, 6.07) is 7.90. The van der Waals surface area contributed by atoms with Crippen molar-refractivity contribution in [3.05, 3.63) is 29.8 Å². The Morgan fingerprint density at radius 1 is 1.36 bits per heavy atom. The fourth-order valence-electron chi connectivity index (χ4n) is 7.05. The average Bonchev–Trinajstić information content (AvgIpc) is 3.05. The van der Waals surface area contributed by atoms with E-state index in [0.717, 1.165) is 17.7 Å². The lowest BCUT2D eigenvalue weighted by atomic mass is 9.50. The highest BCUT2D eigenvalue weighted by molar-refractivity contribution is 5.87. The molecule has 0 unspecified atom stereocenters. The second-order valence-corrected chi connectivity index (χ2v) is 9.02. The molecule has 1 spiro atoms. The van der Waals surface area contributed by atoms with Gasteiger partial charge in [0.15, 0.2) is 0 Å². The van der Waals surface area contributed by atoms with Gasteiger partial charge in [0.1, 0.15) is 5.60 Å². The van der Waals surface area contributed by atoms with E-state index in [9.17, 15) is 9.59 Å². The molecule has 4 heterocycles. The molecule has 1 saturated carbocycles. The van der Waals surface area contributed by atoms with Gasteiger partial charge in [0, 0.05) is 18.2 Å². The standard InChI is InChI=1S/C21H24N2O5/c1-11-20(27-11)10-23(2)15-8-13(20)17(18(25)26-3)19-9-16(24)28-21(15,19)22-14-7-5-4-6-12(14)19/h4-7,11,13,15,17,22H,8-10H2,1-3H3/t11-,13+,15-,17-,19-,20-,21-/m0/s1. The van der Waals surface area contributed by atoms with Crippen LogP contribution in [0.1, 0.15) is 25.3 Å². The maximum Gasteiger partial charge on any atom is 0.310 e. The number of rotatable bonds is 1. The number of methoxy groups -OCH3 is 1. The summed E-state index contributed by atoms with van der Waals surface area (Å²) in [5.41, 5.74) is -0.214. The molecule has 0 aromatic heterocycles. The minimum Gasteiger partial charge on any atom is -0.469 e. The van der Waals surface area contributed by atoms with Crippen molar-refractivity contribution in [1.82, 2.24) is 4.90 Å². The average molecular weight is 384 g/mol. The number of anilines is 1. The molecule has 7 nitrogen and oxygen atoms in total. The fourth-order valence-corrected chi connectivity index (χ4v) is 7.05. The Morgan fingerprint density at radius 2 is 2.11 bits per heavy atom. The molecular weight excluding hydrogens is 360 g/mol. The second kappa shape index (κ2) is 4.89. The summed E-state index contributed by atoms with van der Waals surface area (Å²) in [6.45, 7) is 2.78. The van der Waals surface area contributed by atoms with Gasteiger partial charge in [-0.15, -0.1) is 0 Å². The first-order valence-corrected chi connectivity index (χ1v) is 9.95. The number of nitrogens with zero attached hydrogens (tertiary/aromatic N) is 1. The van der Waals surface area contributed by atoms with E-state index in [2.05, 4.69) is 24.2 Å². The van der Waals surface area contributed by atoms with Crippen LogP contribution in [0.15, 0.2) is 24.3 Å². The highest BCUT2D eigenvalue weighted by atomic mass is 16.6. The molecule has 1 aliphatic carbocycles. The Kier molecular flexibility index (Phi) is 2.93. The number of hydrogen-bond acceptors (Lipinski definition) is 7. The summed E-state index contributed by atoms with van der Waals surface area (Å²) in [4.78, 5) is 28.3. The van der Waals surface area contributed by atoms with Crippen molar-refractivity contribution < 1.29 is 23.8 Å². The quantitative estimate of drug-likeness (QED) is 0.577. The first-order chi connectivity index (χ1) is 13.4. The third-order valence-electron chi connectivity index (χ3n) is 8.11. The predicted molar refractivity (Wildman–Crippen MR) is 98.5 cm³/mol. The number of carbonyl (C=O) groups is 2. The van der Waals surface area contributed by atoms with Crippen LogP contribution >= 0.6 is 0 Å². The summed E-state index contributed by atoms with van der Waals surface area (Å²) in [6.07, 6.45) is 0.971. The van der Waals surface area contributed by atoms with Crippen LogP contribution in [-0.2, 0) is 29.2 Å². The van der Waals surface area contributed by atoms with E-state index in [1.807, 2.05) is 24.3 Å². The highest BCUT2D eigenvalue weighted by Crippen LogP contribution is 2.70. The Hall–Kier alpha value is -2.12. The number of likely N-dealkylation sites (N-methyl/N-ethyl adjacent to an activating group) is 1. The van der Waals surface area contributed by atoms with Crippen molar-refractivity contribution in [1.29, 1.82) is 0 Å². The van der Waals surface area contributed by atoms with Gasteiger partial charge in [-0.2, -0.15) is 0 Å². The van der Waals surface area contributed by atoms with Crippen LogP contribution in [0.2, 0.25) is 0 Å². The van der Waals surface area contributed by atoms with Gasteiger partial charge < -0.3 is 19.5 Å². The van der Waals surface area contributed by atoms with E-state index in [-0.39, 0.29) is 42.0 Å². The van der Waals surface area contributed by atoms with Gasteiger partial charge in [0.05, 0.1) is 37.0 Å². The Labute approximate surface area is 163 Å². The maximum absolute atomic E-state index is 13.3. The molecular formula is C21H24N2O5. The van der Waals surface area contributed by atoms with E-state index in [1.54, 1.807) is 0 Å². The van der Waals surface area contributed by atoms with Crippen LogP contribution in [0, 0.1) is 11.8 Å². The largest absolute Gasteiger partial charge is 0.469 e.